The van der Waals surface area contributed by atoms with Crippen LogP contribution in [0.25, 0.3) is 0 Å². The topological polar surface area (TPSA) is 121 Å². The summed E-state index contributed by atoms with van der Waals surface area (Å²) in [6.45, 7) is 4.22. The molecule has 0 aliphatic rings. The molecule has 0 spiro atoms. The Hall–Kier alpha value is -4.12. The van der Waals surface area contributed by atoms with Crippen LogP contribution in [0.15, 0.2) is 43.0 Å². The number of carbonyl (C=O) groups excluding carboxylic acids is 2. The number of carbonyl (C=O) groups is 2. The van der Waals surface area contributed by atoms with Gasteiger partial charge in [-0.1, -0.05) is 11.6 Å². The minimum atomic E-state index is -0.476. The molecule has 35 heavy (non-hydrogen) atoms. The highest BCUT2D eigenvalue weighted by atomic mass is 35.5. The van der Waals surface area contributed by atoms with E-state index in [0.29, 0.717) is 17.3 Å². The van der Waals surface area contributed by atoms with E-state index >= 15 is 0 Å². The average molecular weight is 497 g/mol. The maximum Gasteiger partial charge on any atom is 0.276 e. The first kappa shape index (κ1) is 24.0. The molecule has 12 heteroatoms. The summed E-state index contributed by atoms with van der Waals surface area (Å²) in [6, 6.07) is 5.25. The monoisotopic (exact) mass is 496 g/mol. The summed E-state index contributed by atoms with van der Waals surface area (Å²) in [4.78, 5) is 25.5. The van der Waals surface area contributed by atoms with E-state index in [4.69, 9.17) is 16.3 Å². The first-order valence-corrected chi connectivity index (χ1v) is 11.1. The van der Waals surface area contributed by atoms with Gasteiger partial charge in [0.1, 0.15) is 11.4 Å². The highest BCUT2D eigenvalue weighted by Gasteiger charge is 2.20. The molecule has 3 aromatic heterocycles. The Labute approximate surface area is 206 Å². The molecular weight excluding hydrogens is 472 g/mol. The summed E-state index contributed by atoms with van der Waals surface area (Å²) in [5.41, 5.74) is 3.35. The van der Waals surface area contributed by atoms with E-state index in [1.54, 1.807) is 37.2 Å². The number of hydrogen-bond acceptors (Lipinski definition) is 6. The van der Waals surface area contributed by atoms with Crippen molar-refractivity contribution in [2.24, 2.45) is 14.1 Å². The van der Waals surface area contributed by atoms with E-state index in [1.165, 1.54) is 15.6 Å². The predicted molar refractivity (Wildman–Crippen MR) is 129 cm³/mol. The lowest BCUT2D eigenvalue weighted by molar-refractivity contribution is 0.0942. The Morgan fingerprint density at radius 1 is 1.09 bits per heavy atom. The fraction of sp³-hybridized carbons (Fsp3) is 0.261. The maximum absolute atomic E-state index is 12.8. The fourth-order valence-corrected chi connectivity index (χ4v) is 3.61. The average Bonchev–Trinajstić information content (AvgIpc) is 3.55. The SMILES string of the molecule is Cc1cc(OCn2ccc(C(=O)Nc3cnn(C)c3C(=O)NCc3cnn(C)c3)n2)cc(C)c1Cl. The molecule has 0 aliphatic carbocycles. The van der Waals surface area contributed by atoms with Crippen LogP contribution in [0.4, 0.5) is 5.69 Å². The van der Waals surface area contributed by atoms with Gasteiger partial charge in [-0.05, 0) is 43.2 Å². The van der Waals surface area contributed by atoms with Crippen molar-refractivity contribution < 1.29 is 14.3 Å². The number of hydrogen-bond donors (Lipinski definition) is 2. The molecule has 0 unspecified atom stereocenters. The van der Waals surface area contributed by atoms with Crippen LogP contribution in [-0.2, 0) is 27.4 Å². The summed E-state index contributed by atoms with van der Waals surface area (Å²) >= 11 is 6.20. The molecule has 11 nitrogen and oxygen atoms in total. The van der Waals surface area contributed by atoms with Gasteiger partial charge in [0.2, 0.25) is 0 Å². The number of nitrogens with zero attached hydrogens (tertiary/aromatic N) is 6. The standard InChI is InChI=1S/C23H25ClN8O3/c1-14-7-17(8-15(2)20(14)24)35-13-32-6-5-18(29-32)22(33)28-19-11-27-31(4)21(19)23(34)25-9-16-10-26-30(3)12-16/h5-8,10-12H,9,13H2,1-4H3,(H,25,34)(H,28,33). The van der Waals surface area contributed by atoms with Crippen molar-refractivity contribution in [3.05, 3.63) is 76.1 Å². The summed E-state index contributed by atoms with van der Waals surface area (Å²) in [5, 5.41) is 18.7. The van der Waals surface area contributed by atoms with Gasteiger partial charge in [-0.25, -0.2) is 4.68 Å². The third-order valence-corrected chi connectivity index (χ3v) is 5.86. The highest BCUT2D eigenvalue weighted by molar-refractivity contribution is 6.32. The van der Waals surface area contributed by atoms with Crippen LogP contribution in [0, 0.1) is 13.8 Å². The Morgan fingerprint density at radius 3 is 2.51 bits per heavy atom. The zero-order valence-electron chi connectivity index (χ0n) is 19.7. The largest absolute Gasteiger partial charge is 0.471 e. The first-order valence-electron chi connectivity index (χ1n) is 10.7. The third kappa shape index (κ3) is 5.52. The Morgan fingerprint density at radius 2 is 1.83 bits per heavy atom. The van der Waals surface area contributed by atoms with Crippen molar-refractivity contribution in [1.82, 2.24) is 34.7 Å². The molecule has 0 saturated carbocycles. The van der Waals surface area contributed by atoms with E-state index in [2.05, 4.69) is 25.9 Å². The summed E-state index contributed by atoms with van der Waals surface area (Å²) in [6.07, 6.45) is 6.53. The van der Waals surface area contributed by atoms with Gasteiger partial charge in [0, 0.05) is 43.6 Å². The van der Waals surface area contributed by atoms with Gasteiger partial charge < -0.3 is 15.4 Å². The molecule has 4 rings (SSSR count). The van der Waals surface area contributed by atoms with Crippen LogP contribution in [0.2, 0.25) is 5.02 Å². The fourth-order valence-electron chi connectivity index (χ4n) is 3.50. The van der Waals surface area contributed by atoms with E-state index in [1.807, 2.05) is 32.2 Å². The van der Waals surface area contributed by atoms with Crippen LogP contribution in [0.5, 0.6) is 5.75 Å². The molecule has 2 amide bonds. The molecule has 1 aromatic carbocycles. The van der Waals surface area contributed by atoms with Crippen molar-refractivity contribution in [1.29, 1.82) is 0 Å². The van der Waals surface area contributed by atoms with E-state index in [-0.39, 0.29) is 29.7 Å². The lowest BCUT2D eigenvalue weighted by atomic mass is 10.1. The van der Waals surface area contributed by atoms with E-state index in [0.717, 1.165) is 16.7 Å². The molecular formula is C23H25ClN8O3. The number of ether oxygens (including phenoxy) is 1. The normalized spacial score (nSPS) is 10.9. The van der Waals surface area contributed by atoms with Crippen LogP contribution in [0.3, 0.4) is 0 Å². The minimum Gasteiger partial charge on any atom is -0.471 e. The first-order chi connectivity index (χ1) is 16.7. The van der Waals surface area contributed by atoms with Gasteiger partial charge in [-0.2, -0.15) is 15.3 Å². The Balaban J connectivity index is 1.38. The zero-order valence-corrected chi connectivity index (χ0v) is 20.5. The molecule has 0 radical (unpaired) electrons. The molecule has 0 aliphatic heterocycles. The van der Waals surface area contributed by atoms with Crippen molar-refractivity contribution in [2.45, 2.75) is 27.1 Å². The lowest BCUT2D eigenvalue weighted by Crippen LogP contribution is -2.26. The van der Waals surface area contributed by atoms with Crippen molar-refractivity contribution >= 4 is 29.1 Å². The quantitative estimate of drug-likeness (QED) is 0.387. The molecule has 0 saturated heterocycles. The van der Waals surface area contributed by atoms with Crippen LogP contribution in [-0.4, -0.2) is 41.2 Å². The van der Waals surface area contributed by atoms with Gasteiger partial charge in [0.25, 0.3) is 11.8 Å². The lowest BCUT2D eigenvalue weighted by Gasteiger charge is -2.10. The smallest absolute Gasteiger partial charge is 0.276 e. The summed E-state index contributed by atoms with van der Waals surface area (Å²) in [5.74, 6) is -0.198. The van der Waals surface area contributed by atoms with Gasteiger partial charge in [0.15, 0.2) is 12.4 Å². The molecule has 0 bridgehead atoms. The van der Waals surface area contributed by atoms with Crippen molar-refractivity contribution in [3.8, 4) is 5.75 Å². The number of nitrogens with one attached hydrogen (secondary N) is 2. The molecule has 2 N–H and O–H groups in total. The second kappa shape index (κ2) is 10.0. The Bertz CT molecular complexity index is 1360. The van der Waals surface area contributed by atoms with Gasteiger partial charge in [-0.3, -0.25) is 19.0 Å². The number of amides is 2. The van der Waals surface area contributed by atoms with Gasteiger partial charge in [-0.15, -0.1) is 0 Å². The van der Waals surface area contributed by atoms with E-state index in [9.17, 15) is 9.59 Å². The number of aryl methyl sites for hydroxylation is 4. The van der Waals surface area contributed by atoms with E-state index < -0.39 is 5.91 Å². The molecule has 0 atom stereocenters. The third-order valence-electron chi connectivity index (χ3n) is 5.26. The van der Waals surface area contributed by atoms with Crippen molar-refractivity contribution in [2.75, 3.05) is 5.32 Å². The summed E-state index contributed by atoms with van der Waals surface area (Å²) in [7, 11) is 3.42. The number of aromatic nitrogens is 6. The predicted octanol–water partition coefficient (Wildman–Crippen LogP) is 2.84. The number of anilines is 1. The second-order valence-electron chi connectivity index (χ2n) is 8.07. The number of benzene rings is 1. The Kier molecular flexibility index (Phi) is 6.87. The number of rotatable bonds is 8. The van der Waals surface area contributed by atoms with Crippen LogP contribution in [0.1, 0.15) is 37.7 Å². The minimum absolute atomic E-state index is 0.114. The van der Waals surface area contributed by atoms with Crippen LogP contribution < -0.4 is 15.4 Å². The van der Waals surface area contributed by atoms with Gasteiger partial charge >= 0.3 is 0 Å². The second-order valence-corrected chi connectivity index (χ2v) is 8.45. The van der Waals surface area contributed by atoms with Crippen LogP contribution >= 0.6 is 11.6 Å². The van der Waals surface area contributed by atoms with Crippen molar-refractivity contribution in [3.63, 3.8) is 0 Å². The summed E-state index contributed by atoms with van der Waals surface area (Å²) < 4.78 is 10.3. The molecule has 3 heterocycles. The molecule has 0 fully saturated rings. The number of halogens is 1. The maximum atomic E-state index is 12.8. The molecule has 182 valence electrons. The van der Waals surface area contributed by atoms with Gasteiger partial charge in [0.05, 0.1) is 18.1 Å². The zero-order chi connectivity index (χ0) is 25.1. The highest BCUT2D eigenvalue weighted by Crippen LogP contribution is 2.26. The molecule has 4 aromatic rings.